The maximum Gasteiger partial charge on any atom is 0.0718 e. The first kappa shape index (κ1) is 13.9. The molecule has 3 heteroatoms. The molecule has 1 aromatic rings. The van der Waals surface area contributed by atoms with E-state index in [1.165, 1.54) is 36.9 Å². The van der Waals surface area contributed by atoms with Gasteiger partial charge in [-0.25, -0.2) is 0 Å². The molecular formula is C17H26N2O. The Bertz CT molecular complexity index is 454. The maximum absolute atomic E-state index is 5.50. The van der Waals surface area contributed by atoms with Gasteiger partial charge in [0.1, 0.15) is 0 Å². The van der Waals surface area contributed by atoms with Gasteiger partial charge < -0.3 is 15.0 Å². The van der Waals surface area contributed by atoms with Gasteiger partial charge in [-0.05, 0) is 31.4 Å². The van der Waals surface area contributed by atoms with Crippen molar-refractivity contribution in [1.82, 2.24) is 5.32 Å². The minimum absolute atomic E-state index is 0.264. The molecule has 3 nitrogen and oxygen atoms in total. The fourth-order valence-corrected chi connectivity index (χ4v) is 3.69. The van der Waals surface area contributed by atoms with Crippen LogP contribution in [0.3, 0.4) is 0 Å². The van der Waals surface area contributed by atoms with Crippen molar-refractivity contribution in [3.05, 3.63) is 29.8 Å². The predicted molar refractivity (Wildman–Crippen MR) is 83.2 cm³/mol. The quantitative estimate of drug-likeness (QED) is 0.917. The van der Waals surface area contributed by atoms with Gasteiger partial charge in [-0.1, -0.05) is 31.0 Å². The molecule has 0 saturated heterocycles. The van der Waals surface area contributed by atoms with Gasteiger partial charge >= 0.3 is 0 Å². The number of hydrogen-bond donors (Lipinski definition) is 1. The number of anilines is 1. The largest absolute Gasteiger partial charge is 0.380 e. The van der Waals surface area contributed by atoms with Crippen LogP contribution in [0, 0.1) is 0 Å². The normalized spacial score (nSPS) is 22.6. The SMILES string of the molecule is COC(C)CN1CC2(CCCC2)NCc2ccccc21. The Morgan fingerprint density at radius 1 is 1.30 bits per heavy atom. The number of benzene rings is 1. The summed E-state index contributed by atoms with van der Waals surface area (Å²) in [5.74, 6) is 0. The molecule has 1 saturated carbocycles. The molecule has 1 aromatic carbocycles. The molecule has 1 unspecified atom stereocenters. The molecule has 3 rings (SSSR count). The van der Waals surface area contributed by atoms with E-state index in [9.17, 15) is 0 Å². The third-order valence-electron chi connectivity index (χ3n) is 4.92. The van der Waals surface area contributed by atoms with Gasteiger partial charge in [0.25, 0.3) is 0 Å². The number of nitrogens with zero attached hydrogens (tertiary/aromatic N) is 1. The van der Waals surface area contributed by atoms with Crippen molar-refractivity contribution in [1.29, 1.82) is 0 Å². The Balaban J connectivity index is 1.89. The molecule has 1 atom stereocenters. The minimum Gasteiger partial charge on any atom is -0.380 e. The van der Waals surface area contributed by atoms with Crippen LogP contribution in [0.5, 0.6) is 0 Å². The first-order valence-electron chi connectivity index (χ1n) is 7.83. The van der Waals surface area contributed by atoms with E-state index in [2.05, 4.69) is 41.4 Å². The van der Waals surface area contributed by atoms with Crippen LogP contribution in [-0.2, 0) is 11.3 Å². The second kappa shape index (κ2) is 5.74. The number of para-hydroxylation sites is 1. The Hall–Kier alpha value is -1.06. The van der Waals surface area contributed by atoms with Gasteiger partial charge in [0.2, 0.25) is 0 Å². The molecule has 20 heavy (non-hydrogen) atoms. The van der Waals surface area contributed by atoms with E-state index in [1.807, 2.05) is 0 Å². The lowest BCUT2D eigenvalue weighted by Crippen LogP contribution is -2.50. The topological polar surface area (TPSA) is 24.5 Å². The Labute approximate surface area is 122 Å². The molecule has 1 N–H and O–H groups in total. The van der Waals surface area contributed by atoms with Crippen LogP contribution < -0.4 is 10.2 Å². The molecule has 0 bridgehead atoms. The summed E-state index contributed by atoms with van der Waals surface area (Å²) < 4.78 is 5.50. The van der Waals surface area contributed by atoms with Crippen molar-refractivity contribution in [3.63, 3.8) is 0 Å². The van der Waals surface area contributed by atoms with Gasteiger partial charge in [0, 0.05) is 38.0 Å². The molecule has 1 spiro atoms. The second-order valence-electron chi connectivity index (χ2n) is 6.40. The highest BCUT2D eigenvalue weighted by atomic mass is 16.5. The highest BCUT2D eigenvalue weighted by Gasteiger charge is 2.37. The van der Waals surface area contributed by atoms with Crippen LogP contribution >= 0.6 is 0 Å². The Morgan fingerprint density at radius 2 is 2.05 bits per heavy atom. The summed E-state index contributed by atoms with van der Waals surface area (Å²) in [4.78, 5) is 2.54. The highest BCUT2D eigenvalue weighted by molar-refractivity contribution is 5.55. The summed E-state index contributed by atoms with van der Waals surface area (Å²) in [7, 11) is 1.80. The zero-order valence-electron chi connectivity index (χ0n) is 12.7. The average Bonchev–Trinajstić information content (AvgIpc) is 2.87. The zero-order chi connectivity index (χ0) is 14.0. The van der Waals surface area contributed by atoms with E-state index in [0.717, 1.165) is 19.6 Å². The van der Waals surface area contributed by atoms with Gasteiger partial charge in [0.15, 0.2) is 0 Å². The molecule has 1 aliphatic carbocycles. The lowest BCUT2D eigenvalue weighted by molar-refractivity contribution is 0.121. The predicted octanol–water partition coefficient (Wildman–Crippen LogP) is 2.94. The average molecular weight is 274 g/mol. The van der Waals surface area contributed by atoms with Crippen molar-refractivity contribution in [3.8, 4) is 0 Å². The molecule has 2 aliphatic rings. The first-order chi connectivity index (χ1) is 9.72. The Kier molecular flexibility index (Phi) is 3.99. The van der Waals surface area contributed by atoms with E-state index < -0.39 is 0 Å². The lowest BCUT2D eigenvalue weighted by atomic mass is 9.97. The monoisotopic (exact) mass is 274 g/mol. The van der Waals surface area contributed by atoms with E-state index in [0.29, 0.717) is 5.54 Å². The smallest absolute Gasteiger partial charge is 0.0718 e. The molecule has 1 aliphatic heterocycles. The number of methoxy groups -OCH3 is 1. The molecular weight excluding hydrogens is 248 g/mol. The summed E-state index contributed by atoms with van der Waals surface area (Å²) >= 11 is 0. The summed E-state index contributed by atoms with van der Waals surface area (Å²) in [6, 6.07) is 8.80. The fraction of sp³-hybridized carbons (Fsp3) is 0.647. The third kappa shape index (κ3) is 2.70. The van der Waals surface area contributed by atoms with Gasteiger partial charge in [-0.2, -0.15) is 0 Å². The summed E-state index contributed by atoms with van der Waals surface area (Å²) in [5.41, 5.74) is 3.11. The van der Waals surface area contributed by atoms with Crippen molar-refractivity contribution in [2.24, 2.45) is 0 Å². The number of ether oxygens (including phenoxy) is 1. The van der Waals surface area contributed by atoms with Crippen LogP contribution in [0.15, 0.2) is 24.3 Å². The van der Waals surface area contributed by atoms with Crippen molar-refractivity contribution >= 4 is 5.69 Å². The lowest BCUT2D eigenvalue weighted by Gasteiger charge is -2.35. The van der Waals surface area contributed by atoms with E-state index in [4.69, 9.17) is 4.74 Å². The van der Waals surface area contributed by atoms with E-state index >= 15 is 0 Å². The standard InChI is InChI=1S/C17H26N2O/c1-14(20-2)12-19-13-17(9-5-6-10-17)18-11-15-7-3-4-8-16(15)19/h3-4,7-8,14,18H,5-6,9-13H2,1-2H3. The van der Waals surface area contributed by atoms with Gasteiger partial charge in [-0.15, -0.1) is 0 Å². The van der Waals surface area contributed by atoms with Crippen LogP contribution in [0.4, 0.5) is 5.69 Å². The molecule has 0 aromatic heterocycles. The zero-order valence-corrected chi connectivity index (χ0v) is 12.7. The Morgan fingerprint density at radius 3 is 2.80 bits per heavy atom. The van der Waals surface area contributed by atoms with Crippen molar-refractivity contribution in [2.45, 2.75) is 50.8 Å². The number of hydrogen-bond acceptors (Lipinski definition) is 3. The number of fused-ring (bicyclic) bond motifs is 1. The van der Waals surface area contributed by atoms with Gasteiger partial charge in [0.05, 0.1) is 6.10 Å². The molecule has 0 amide bonds. The first-order valence-corrected chi connectivity index (χ1v) is 7.83. The molecule has 1 heterocycles. The third-order valence-corrected chi connectivity index (χ3v) is 4.92. The summed E-state index contributed by atoms with van der Waals surface area (Å²) in [6.45, 7) is 5.23. The summed E-state index contributed by atoms with van der Waals surface area (Å²) in [6.07, 6.45) is 5.59. The van der Waals surface area contributed by atoms with Crippen LogP contribution in [0.2, 0.25) is 0 Å². The maximum atomic E-state index is 5.50. The van der Waals surface area contributed by atoms with E-state index in [1.54, 1.807) is 7.11 Å². The number of nitrogens with one attached hydrogen (secondary N) is 1. The second-order valence-corrected chi connectivity index (χ2v) is 6.40. The minimum atomic E-state index is 0.264. The van der Waals surface area contributed by atoms with Gasteiger partial charge in [-0.3, -0.25) is 0 Å². The van der Waals surface area contributed by atoms with Crippen LogP contribution in [-0.4, -0.2) is 31.8 Å². The fourth-order valence-electron chi connectivity index (χ4n) is 3.69. The summed E-state index contributed by atoms with van der Waals surface area (Å²) in [5, 5.41) is 3.85. The molecule has 110 valence electrons. The van der Waals surface area contributed by atoms with Crippen molar-refractivity contribution < 1.29 is 4.74 Å². The van der Waals surface area contributed by atoms with Crippen molar-refractivity contribution in [2.75, 3.05) is 25.1 Å². The highest BCUT2D eigenvalue weighted by Crippen LogP contribution is 2.35. The molecule has 1 fully saturated rings. The van der Waals surface area contributed by atoms with Crippen LogP contribution in [0.25, 0.3) is 0 Å². The number of rotatable bonds is 3. The molecule has 0 radical (unpaired) electrons. The van der Waals surface area contributed by atoms with E-state index in [-0.39, 0.29) is 6.10 Å². The van der Waals surface area contributed by atoms with Crippen LogP contribution in [0.1, 0.15) is 38.2 Å².